The first-order valence-electron chi connectivity index (χ1n) is 11.8. The van der Waals surface area contributed by atoms with Crippen LogP contribution in [0.5, 0.6) is 23.0 Å². The van der Waals surface area contributed by atoms with Gasteiger partial charge in [-0.1, -0.05) is 17.7 Å². The maximum absolute atomic E-state index is 12.9. The van der Waals surface area contributed by atoms with Gasteiger partial charge in [-0.05, 0) is 63.0 Å². The SMILES string of the molecule is COc1cc(OC)c(NC(=O)N[C@@H]2CC[C@@]3(c4ccc(OC)c(OC)c4)CCN(C)[C@H]3C2)cc1Cl. The number of fused-ring (bicyclic) bond motifs is 1. The Morgan fingerprint density at radius 3 is 2.37 bits per heavy atom. The lowest BCUT2D eigenvalue weighted by Crippen LogP contribution is -2.52. The van der Waals surface area contributed by atoms with Crippen molar-refractivity contribution in [3.63, 3.8) is 0 Å². The minimum absolute atomic E-state index is 0.0235. The molecular weight excluding hydrogens is 470 g/mol. The monoisotopic (exact) mass is 503 g/mol. The van der Waals surface area contributed by atoms with Crippen molar-refractivity contribution in [1.29, 1.82) is 0 Å². The number of rotatable bonds is 7. The van der Waals surface area contributed by atoms with E-state index in [0.717, 1.165) is 43.7 Å². The van der Waals surface area contributed by atoms with Gasteiger partial charge in [-0.25, -0.2) is 4.79 Å². The summed E-state index contributed by atoms with van der Waals surface area (Å²) in [5, 5.41) is 6.44. The van der Waals surface area contributed by atoms with Crippen LogP contribution in [-0.2, 0) is 5.41 Å². The fourth-order valence-corrected chi connectivity index (χ4v) is 5.94. The quantitative estimate of drug-likeness (QED) is 0.570. The van der Waals surface area contributed by atoms with E-state index in [1.807, 2.05) is 6.07 Å². The highest BCUT2D eigenvalue weighted by Gasteiger charge is 2.50. The summed E-state index contributed by atoms with van der Waals surface area (Å²) in [6.07, 6.45) is 3.79. The molecule has 1 saturated carbocycles. The molecule has 1 aliphatic carbocycles. The van der Waals surface area contributed by atoms with Crippen molar-refractivity contribution in [3.8, 4) is 23.0 Å². The highest BCUT2D eigenvalue weighted by atomic mass is 35.5. The third-order valence-corrected chi connectivity index (χ3v) is 7.84. The fourth-order valence-electron chi connectivity index (χ4n) is 5.70. The summed E-state index contributed by atoms with van der Waals surface area (Å²) in [6, 6.07) is 9.63. The number of nitrogens with zero attached hydrogens (tertiary/aromatic N) is 1. The normalized spacial score (nSPS) is 23.8. The van der Waals surface area contributed by atoms with Crippen molar-refractivity contribution >= 4 is 23.3 Å². The second-order valence-electron chi connectivity index (χ2n) is 9.23. The van der Waals surface area contributed by atoms with E-state index in [-0.39, 0.29) is 17.5 Å². The van der Waals surface area contributed by atoms with Crippen molar-refractivity contribution in [2.75, 3.05) is 47.3 Å². The van der Waals surface area contributed by atoms with E-state index >= 15 is 0 Å². The number of methoxy groups -OCH3 is 4. The summed E-state index contributed by atoms with van der Waals surface area (Å²) >= 11 is 6.25. The number of anilines is 1. The van der Waals surface area contributed by atoms with E-state index in [2.05, 4.69) is 34.7 Å². The van der Waals surface area contributed by atoms with Gasteiger partial charge in [0.2, 0.25) is 0 Å². The van der Waals surface area contributed by atoms with Crippen LogP contribution in [0.15, 0.2) is 30.3 Å². The zero-order chi connectivity index (χ0) is 25.2. The molecule has 9 heteroatoms. The molecule has 2 aromatic carbocycles. The molecule has 0 aromatic heterocycles. The number of ether oxygens (including phenoxy) is 4. The van der Waals surface area contributed by atoms with Gasteiger partial charge in [0, 0.05) is 23.6 Å². The molecule has 0 spiro atoms. The molecule has 0 bridgehead atoms. The van der Waals surface area contributed by atoms with Gasteiger partial charge >= 0.3 is 6.03 Å². The standard InChI is InChI=1S/C26H34ClN3O5/c1-30-11-10-26(16-6-7-20(32-2)23(12-16)35-5)9-8-17(13-24(26)30)28-25(31)29-19-14-18(27)21(33-3)15-22(19)34-4/h6-7,12,14-15,17,24H,8-11,13H2,1-5H3,(H2,28,29,31)/t17-,24+,26+/m1/s1. The predicted molar refractivity (Wildman–Crippen MR) is 137 cm³/mol. The van der Waals surface area contributed by atoms with E-state index in [0.29, 0.717) is 28.3 Å². The van der Waals surface area contributed by atoms with Crippen molar-refractivity contribution in [1.82, 2.24) is 10.2 Å². The van der Waals surface area contributed by atoms with E-state index in [9.17, 15) is 4.79 Å². The number of benzene rings is 2. The average Bonchev–Trinajstić information content (AvgIpc) is 3.20. The number of likely N-dealkylation sites (tertiary alicyclic amines) is 1. The number of carbonyl (C=O) groups is 1. The zero-order valence-electron chi connectivity index (χ0n) is 20.9. The first-order valence-corrected chi connectivity index (χ1v) is 12.1. The Hall–Kier alpha value is -2.84. The highest BCUT2D eigenvalue weighted by Crippen LogP contribution is 2.50. The van der Waals surface area contributed by atoms with Crippen LogP contribution in [0.4, 0.5) is 10.5 Å². The Balaban J connectivity index is 1.48. The van der Waals surface area contributed by atoms with Crippen molar-refractivity contribution in [3.05, 3.63) is 40.9 Å². The Labute approximate surface area is 211 Å². The molecule has 2 aliphatic rings. The third-order valence-electron chi connectivity index (χ3n) is 7.54. The molecule has 2 fully saturated rings. The van der Waals surface area contributed by atoms with Gasteiger partial charge in [0.1, 0.15) is 11.5 Å². The van der Waals surface area contributed by atoms with Gasteiger partial charge in [0.25, 0.3) is 0 Å². The second-order valence-corrected chi connectivity index (χ2v) is 9.64. The molecule has 1 aliphatic heterocycles. The van der Waals surface area contributed by atoms with Gasteiger partial charge in [-0.3, -0.25) is 0 Å². The lowest BCUT2D eigenvalue weighted by molar-refractivity contribution is 0.156. The lowest BCUT2D eigenvalue weighted by Gasteiger charge is -2.45. The number of likely N-dealkylation sites (N-methyl/N-ethyl adjacent to an activating group) is 1. The largest absolute Gasteiger partial charge is 0.495 e. The molecule has 0 unspecified atom stereocenters. The Morgan fingerprint density at radius 1 is 0.971 bits per heavy atom. The minimum atomic E-state index is -0.284. The highest BCUT2D eigenvalue weighted by molar-refractivity contribution is 6.32. The third kappa shape index (κ3) is 4.82. The molecular formula is C26H34ClN3O5. The topological polar surface area (TPSA) is 81.3 Å². The smallest absolute Gasteiger partial charge is 0.319 e. The molecule has 35 heavy (non-hydrogen) atoms. The molecule has 1 saturated heterocycles. The molecule has 3 atom stereocenters. The number of hydrogen-bond donors (Lipinski definition) is 2. The van der Waals surface area contributed by atoms with Gasteiger partial charge in [-0.2, -0.15) is 0 Å². The lowest BCUT2D eigenvalue weighted by atomic mass is 9.65. The number of nitrogens with one attached hydrogen (secondary N) is 2. The second kappa shape index (κ2) is 10.4. The fraction of sp³-hybridized carbons (Fsp3) is 0.500. The summed E-state index contributed by atoms with van der Waals surface area (Å²) in [6.45, 7) is 1.01. The summed E-state index contributed by atoms with van der Waals surface area (Å²) in [5.41, 5.74) is 1.78. The number of amides is 2. The van der Waals surface area contributed by atoms with Crippen LogP contribution in [0.2, 0.25) is 5.02 Å². The average molecular weight is 504 g/mol. The maximum atomic E-state index is 12.9. The van der Waals surface area contributed by atoms with Crippen LogP contribution in [0, 0.1) is 0 Å². The van der Waals surface area contributed by atoms with E-state index in [1.54, 1.807) is 26.4 Å². The molecule has 2 amide bonds. The van der Waals surface area contributed by atoms with Gasteiger partial charge < -0.3 is 34.5 Å². The molecule has 4 rings (SSSR count). The predicted octanol–water partition coefficient (Wildman–Crippen LogP) is 4.69. The Kier molecular flexibility index (Phi) is 7.52. The molecule has 2 aromatic rings. The molecule has 2 N–H and O–H groups in total. The van der Waals surface area contributed by atoms with E-state index < -0.39 is 0 Å². The summed E-state index contributed by atoms with van der Waals surface area (Å²) in [5.74, 6) is 2.45. The van der Waals surface area contributed by atoms with E-state index in [1.165, 1.54) is 19.8 Å². The van der Waals surface area contributed by atoms with Crippen LogP contribution >= 0.6 is 11.6 Å². The first-order chi connectivity index (χ1) is 16.8. The summed E-state index contributed by atoms with van der Waals surface area (Å²) in [7, 11) is 8.56. The molecule has 190 valence electrons. The zero-order valence-corrected chi connectivity index (χ0v) is 21.7. The minimum Gasteiger partial charge on any atom is -0.495 e. The molecule has 0 radical (unpaired) electrons. The number of hydrogen-bond acceptors (Lipinski definition) is 6. The van der Waals surface area contributed by atoms with E-state index in [4.69, 9.17) is 30.5 Å². The van der Waals surface area contributed by atoms with Gasteiger partial charge in [-0.15, -0.1) is 0 Å². The van der Waals surface area contributed by atoms with Gasteiger partial charge in [0.05, 0.1) is 39.1 Å². The van der Waals surface area contributed by atoms with Crippen LogP contribution < -0.4 is 29.6 Å². The van der Waals surface area contributed by atoms with Crippen molar-refractivity contribution in [2.24, 2.45) is 0 Å². The Bertz CT molecular complexity index is 1080. The van der Waals surface area contributed by atoms with Gasteiger partial charge in [0.15, 0.2) is 11.5 Å². The van der Waals surface area contributed by atoms with Crippen molar-refractivity contribution < 1.29 is 23.7 Å². The summed E-state index contributed by atoms with van der Waals surface area (Å²) in [4.78, 5) is 15.3. The summed E-state index contributed by atoms with van der Waals surface area (Å²) < 4.78 is 21.6. The number of carbonyl (C=O) groups excluding carboxylic acids is 1. The van der Waals surface area contributed by atoms with Crippen LogP contribution in [0.3, 0.4) is 0 Å². The maximum Gasteiger partial charge on any atom is 0.319 e. The number of halogens is 1. The van der Waals surface area contributed by atoms with Crippen LogP contribution in [0.25, 0.3) is 0 Å². The first kappa shape index (κ1) is 25.3. The van der Waals surface area contributed by atoms with Crippen molar-refractivity contribution in [2.45, 2.75) is 43.2 Å². The molecule has 8 nitrogen and oxygen atoms in total. The van der Waals surface area contributed by atoms with Crippen LogP contribution in [-0.4, -0.2) is 65.0 Å². The van der Waals surface area contributed by atoms with Crippen LogP contribution in [0.1, 0.15) is 31.2 Å². The number of urea groups is 1. The Morgan fingerprint density at radius 2 is 1.69 bits per heavy atom. The molecule has 1 heterocycles.